The van der Waals surface area contributed by atoms with E-state index in [1.54, 1.807) is 32.1 Å². The molecule has 4 aliphatic carbocycles. The fraction of sp³-hybridized carbons (Fsp3) is 0.875. The first-order chi connectivity index (χ1) is 8.26. The van der Waals surface area contributed by atoms with Crippen LogP contribution in [-0.4, -0.2) is 13.1 Å². The van der Waals surface area contributed by atoms with Crippen LogP contribution in [0.2, 0.25) is 0 Å². The van der Waals surface area contributed by atoms with Gasteiger partial charge in [-0.15, -0.1) is 0 Å². The molecule has 4 bridgehead atoms. The molecule has 0 aromatic rings. The second kappa shape index (κ2) is 4.76. The van der Waals surface area contributed by atoms with Gasteiger partial charge >= 0.3 is 0 Å². The minimum absolute atomic E-state index is 1.01. The van der Waals surface area contributed by atoms with E-state index < -0.39 is 0 Å². The van der Waals surface area contributed by atoms with E-state index in [9.17, 15) is 0 Å². The summed E-state index contributed by atoms with van der Waals surface area (Å²) < 4.78 is 0. The van der Waals surface area contributed by atoms with Gasteiger partial charge in [-0.1, -0.05) is 11.6 Å². The summed E-state index contributed by atoms with van der Waals surface area (Å²) in [6.07, 6.45) is 10.0. The molecule has 96 valence electrons. The average molecular weight is 233 g/mol. The molecule has 4 rings (SSSR count). The van der Waals surface area contributed by atoms with Crippen molar-refractivity contribution in [2.75, 3.05) is 13.1 Å². The van der Waals surface area contributed by atoms with Gasteiger partial charge in [-0.2, -0.15) is 0 Å². The third-order valence-corrected chi connectivity index (χ3v) is 5.70. The molecule has 0 amide bonds. The first-order valence-corrected chi connectivity index (χ1v) is 7.58. The van der Waals surface area contributed by atoms with Gasteiger partial charge in [-0.05, 0) is 82.1 Å². The van der Waals surface area contributed by atoms with Crippen molar-refractivity contribution in [3.8, 4) is 0 Å². The molecule has 0 aromatic carbocycles. The van der Waals surface area contributed by atoms with Gasteiger partial charge in [-0.25, -0.2) is 0 Å². The molecule has 1 nitrogen and oxygen atoms in total. The first-order valence-electron chi connectivity index (χ1n) is 7.58. The molecule has 4 fully saturated rings. The lowest BCUT2D eigenvalue weighted by Crippen LogP contribution is -2.48. The predicted octanol–water partition coefficient (Wildman–Crippen LogP) is 3.61. The van der Waals surface area contributed by atoms with Crippen LogP contribution in [0.4, 0.5) is 0 Å². The van der Waals surface area contributed by atoms with Gasteiger partial charge in [0.15, 0.2) is 0 Å². The molecule has 0 radical (unpaired) electrons. The standard InChI is InChI=1S/C16H27N/c1-3-11(2)9-17-10-16-14-5-12-4-13(7-14)8-15(16)6-12/h3,12-17H,4-10H2,1-2H3/b11-3+. The highest BCUT2D eigenvalue weighted by atomic mass is 14.9. The van der Waals surface area contributed by atoms with Crippen LogP contribution in [0.1, 0.15) is 46.0 Å². The van der Waals surface area contributed by atoms with Crippen LogP contribution in [0.25, 0.3) is 0 Å². The van der Waals surface area contributed by atoms with E-state index in [1.807, 2.05) is 0 Å². The Morgan fingerprint density at radius 3 is 2.18 bits per heavy atom. The van der Waals surface area contributed by atoms with E-state index in [-0.39, 0.29) is 0 Å². The number of rotatable bonds is 4. The largest absolute Gasteiger partial charge is 0.313 e. The maximum absolute atomic E-state index is 3.70. The smallest absolute Gasteiger partial charge is 0.0161 e. The van der Waals surface area contributed by atoms with Crippen molar-refractivity contribution in [3.63, 3.8) is 0 Å². The molecular formula is C16H27N. The van der Waals surface area contributed by atoms with Crippen molar-refractivity contribution in [2.24, 2.45) is 29.6 Å². The van der Waals surface area contributed by atoms with Crippen LogP contribution >= 0.6 is 0 Å². The Morgan fingerprint density at radius 1 is 1.06 bits per heavy atom. The van der Waals surface area contributed by atoms with Crippen molar-refractivity contribution < 1.29 is 0 Å². The second-order valence-corrected chi connectivity index (χ2v) is 6.86. The number of nitrogens with one attached hydrogen (secondary N) is 1. The van der Waals surface area contributed by atoms with Gasteiger partial charge in [0.05, 0.1) is 0 Å². The van der Waals surface area contributed by atoms with Crippen LogP contribution < -0.4 is 5.32 Å². The molecule has 17 heavy (non-hydrogen) atoms. The van der Waals surface area contributed by atoms with Gasteiger partial charge in [-0.3, -0.25) is 0 Å². The highest BCUT2D eigenvalue weighted by Gasteiger charge is 2.47. The summed E-state index contributed by atoms with van der Waals surface area (Å²) in [7, 11) is 0. The fourth-order valence-corrected chi connectivity index (χ4v) is 4.91. The zero-order valence-corrected chi connectivity index (χ0v) is 11.4. The van der Waals surface area contributed by atoms with E-state index >= 15 is 0 Å². The monoisotopic (exact) mass is 233 g/mol. The van der Waals surface area contributed by atoms with E-state index in [4.69, 9.17) is 0 Å². The van der Waals surface area contributed by atoms with E-state index in [1.165, 1.54) is 12.1 Å². The van der Waals surface area contributed by atoms with Gasteiger partial charge in [0.2, 0.25) is 0 Å². The van der Waals surface area contributed by atoms with E-state index in [0.29, 0.717) is 0 Å². The Kier molecular flexibility index (Phi) is 3.30. The summed E-state index contributed by atoms with van der Waals surface area (Å²) >= 11 is 0. The zero-order chi connectivity index (χ0) is 11.8. The molecule has 0 aromatic heterocycles. The lowest BCUT2D eigenvalue weighted by atomic mass is 9.52. The van der Waals surface area contributed by atoms with Crippen LogP contribution in [0.3, 0.4) is 0 Å². The molecule has 0 spiro atoms. The summed E-state index contributed by atoms with van der Waals surface area (Å²) in [5.41, 5.74) is 1.48. The Morgan fingerprint density at radius 2 is 1.65 bits per heavy atom. The first kappa shape index (κ1) is 11.8. The molecule has 0 unspecified atom stereocenters. The zero-order valence-electron chi connectivity index (χ0n) is 11.4. The quantitative estimate of drug-likeness (QED) is 0.731. The van der Waals surface area contributed by atoms with Crippen LogP contribution in [0.15, 0.2) is 11.6 Å². The molecule has 1 heteroatoms. The Labute approximate surface area is 106 Å². The normalized spacial score (nSPS) is 44.4. The third kappa shape index (κ3) is 2.31. The number of allylic oxidation sites excluding steroid dienone is 1. The summed E-state index contributed by atoms with van der Waals surface area (Å²) in [5.74, 6) is 5.39. The van der Waals surface area contributed by atoms with Gasteiger partial charge in [0, 0.05) is 6.54 Å². The van der Waals surface area contributed by atoms with Crippen molar-refractivity contribution in [2.45, 2.75) is 46.0 Å². The van der Waals surface area contributed by atoms with Crippen molar-refractivity contribution in [1.82, 2.24) is 5.32 Å². The van der Waals surface area contributed by atoms with Gasteiger partial charge in [0.25, 0.3) is 0 Å². The lowest BCUT2D eigenvalue weighted by molar-refractivity contribution is -0.0351. The third-order valence-electron chi connectivity index (χ3n) is 5.70. The SMILES string of the molecule is C/C=C(\C)CNCC1C2CC3CC(C2)CC1C3. The number of hydrogen-bond acceptors (Lipinski definition) is 1. The van der Waals surface area contributed by atoms with Crippen LogP contribution in [0.5, 0.6) is 0 Å². The molecule has 4 aliphatic rings. The molecule has 0 atom stereocenters. The van der Waals surface area contributed by atoms with Crippen molar-refractivity contribution in [1.29, 1.82) is 0 Å². The summed E-state index contributed by atoms with van der Waals surface area (Å²) in [6.45, 7) is 6.74. The lowest BCUT2D eigenvalue weighted by Gasteiger charge is -2.54. The topological polar surface area (TPSA) is 12.0 Å². The summed E-state index contributed by atoms with van der Waals surface area (Å²) in [4.78, 5) is 0. The van der Waals surface area contributed by atoms with E-state index in [0.717, 1.165) is 36.1 Å². The molecule has 0 saturated heterocycles. The van der Waals surface area contributed by atoms with Gasteiger partial charge < -0.3 is 5.32 Å². The maximum atomic E-state index is 3.70. The van der Waals surface area contributed by atoms with Gasteiger partial charge in [0.1, 0.15) is 0 Å². The highest BCUT2D eigenvalue weighted by molar-refractivity contribution is 5.01. The molecule has 0 heterocycles. The molecule has 4 saturated carbocycles. The highest BCUT2D eigenvalue weighted by Crippen LogP contribution is 2.56. The molecular weight excluding hydrogens is 206 g/mol. The molecule has 1 N–H and O–H groups in total. The fourth-order valence-electron chi connectivity index (χ4n) is 4.91. The predicted molar refractivity (Wildman–Crippen MR) is 72.8 cm³/mol. The minimum atomic E-state index is 1.01. The maximum Gasteiger partial charge on any atom is 0.0161 e. The Hall–Kier alpha value is -0.300. The summed E-state index contributed by atoms with van der Waals surface area (Å²) in [6, 6.07) is 0. The average Bonchev–Trinajstić information content (AvgIpc) is 2.31. The Balaban J connectivity index is 1.54. The van der Waals surface area contributed by atoms with E-state index in [2.05, 4.69) is 25.2 Å². The van der Waals surface area contributed by atoms with Crippen molar-refractivity contribution in [3.05, 3.63) is 11.6 Å². The Bertz CT molecular complexity index is 277. The summed E-state index contributed by atoms with van der Waals surface area (Å²) in [5, 5.41) is 3.70. The molecule has 0 aliphatic heterocycles. The van der Waals surface area contributed by atoms with Crippen LogP contribution in [-0.2, 0) is 0 Å². The number of hydrogen-bond donors (Lipinski definition) is 1. The van der Waals surface area contributed by atoms with Crippen LogP contribution in [0, 0.1) is 29.6 Å². The minimum Gasteiger partial charge on any atom is -0.313 e. The second-order valence-electron chi connectivity index (χ2n) is 6.86. The van der Waals surface area contributed by atoms with Crippen molar-refractivity contribution >= 4 is 0 Å².